The van der Waals surface area contributed by atoms with E-state index < -0.39 is 0 Å². The van der Waals surface area contributed by atoms with Gasteiger partial charge in [-0.2, -0.15) is 0 Å². The van der Waals surface area contributed by atoms with Gasteiger partial charge in [0.15, 0.2) is 0 Å². The average molecular weight is 233 g/mol. The third kappa shape index (κ3) is 4.31. The summed E-state index contributed by atoms with van der Waals surface area (Å²) < 4.78 is 0. The third-order valence-electron chi connectivity index (χ3n) is 3.34. The zero-order valence-electron chi connectivity index (χ0n) is 11.1. The SMILES string of the molecule is Cc1ccc(CC(=O)C(C)CCCN)cc1C. The number of rotatable bonds is 6. The van der Waals surface area contributed by atoms with Crippen molar-refractivity contribution in [2.75, 3.05) is 6.54 Å². The number of carbonyl (C=O) groups is 1. The molecule has 2 N–H and O–H groups in total. The number of hydrogen-bond acceptors (Lipinski definition) is 2. The second kappa shape index (κ2) is 6.55. The number of carbonyl (C=O) groups excluding carboxylic acids is 1. The zero-order valence-corrected chi connectivity index (χ0v) is 11.1. The van der Waals surface area contributed by atoms with Crippen LogP contribution < -0.4 is 5.73 Å². The maximum Gasteiger partial charge on any atom is 0.140 e. The lowest BCUT2D eigenvalue weighted by Crippen LogP contribution is -2.15. The Morgan fingerprint density at radius 3 is 2.59 bits per heavy atom. The summed E-state index contributed by atoms with van der Waals surface area (Å²) in [5, 5.41) is 0. The van der Waals surface area contributed by atoms with E-state index >= 15 is 0 Å². The zero-order chi connectivity index (χ0) is 12.8. The third-order valence-corrected chi connectivity index (χ3v) is 3.34. The van der Waals surface area contributed by atoms with Gasteiger partial charge >= 0.3 is 0 Å². The molecule has 0 fully saturated rings. The van der Waals surface area contributed by atoms with Gasteiger partial charge in [0, 0.05) is 12.3 Å². The Morgan fingerprint density at radius 2 is 2.00 bits per heavy atom. The van der Waals surface area contributed by atoms with Gasteiger partial charge in [-0.15, -0.1) is 0 Å². The highest BCUT2D eigenvalue weighted by Gasteiger charge is 2.13. The monoisotopic (exact) mass is 233 g/mol. The van der Waals surface area contributed by atoms with Gasteiger partial charge < -0.3 is 5.73 Å². The number of hydrogen-bond donors (Lipinski definition) is 1. The van der Waals surface area contributed by atoms with Crippen LogP contribution in [-0.2, 0) is 11.2 Å². The molecule has 17 heavy (non-hydrogen) atoms. The van der Waals surface area contributed by atoms with Gasteiger partial charge in [-0.25, -0.2) is 0 Å². The molecule has 0 saturated carbocycles. The van der Waals surface area contributed by atoms with Crippen molar-refractivity contribution >= 4 is 5.78 Å². The summed E-state index contributed by atoms with van der Waals surface area (Å²) in [6.07, 6.45) is 2.38. The minimum Gasteiger partial charge on any atom is -0.330 e. The summed E-state index contributed by atoms with van der Waals surface area (Å²) >= 11 is 0. The smallest absolute Gasteiger partial charge is 0.140 e. The van der Waals surface area contributed by atoms with Gasteiger partial charge in [-0.05, 0) is 49.9 Å². The molecule has 2 heteroatoms. The van der Waals surface area contributed by atoms with Gasteiger partial charge in [0.1, 0.15) is 5.78 Å². The Morgan fingerprint density at radius 1 is 1.29 bits per heavy atom. The highest BCUT2D eigenvalue weighted by atomic mass is 16.1. The van der Waals surface area contributed by atoms with Gasteiger partial charge in [0.25, 0.3) is 0 Å². The van der Waals surface area contributed by atoms with Crippen molar-refractivity contribution < 1.29 is 4.79 Å². The molecular weight excluding hydrogens is 210 g/mol. The van der Waals surface area contributed by atoms with Gasteiger partial charge in [-0.1, -0.05) is 25.1 Å². The quantitative estimate of drug-likeness (QED) is 0.821. The molecule has 0 heterocycles. The first-order valence-corrected chi connectivity index (χ1v) is 6.33. The Labute approximate surface area is 104 Å². The van der Waals surface area contributed by atoms with E-state index in [0.29, 0.717) is 18.7 Å². The fraction of sp³-hybridized carbons (Fsp3) is 0.533. The molecule has 1 aromatic carbocycles. The van der Waals surface area contributed by atoms with Crippen LogP contribution >= 0.6 is 0 Å². The van der Waals surface area contributed by atoms with Crippen LogP contribution in [0, 0.1) is 19.8 Å². The topological polar surface area (TPSA) is 43.1 Å². The maximum atomic E-state index is 12.0. The first-order valence-electron chi connectivity index (χ1n) is 6.33. The van der Waals surface area contributed by atoms with Crippen LogP contribution in [0.1, 0.15) is 36.5 Å². The fourth-order valence-corrected chi connectivity index (χ4v) is 1.87. The Balaban J connectivity index is 2.58. The minimum absolute atomic E-state index is 0.125. The molecule has 0 bridgehead atoms. The Bertz CT molecular complexity index is 385. The van der Waals surface area contributed by atoms with E-state index in [1.54, 1.807) is 0 Å². The van der Waals surface area contributed by atoms with E-state index in [0.717, 1.165) is 18.4 Å². The van der Waals surface area contributed by atoms with Crippen LogP contribution in [0.3, 0.4) is 0 Å². The predicted molar refractivity (Wildman–Crippen MR) is 72.1 cm³/mol. The Kier molecular flexibility index (Phi) is 5.36. The molecule has 0 aliphatic rings. The molecule has 0 spiro atoms. The molecule has 0 aliphatic carbocycles. The van der Waals surface area contributed by atoms with Crippen molar-refractivity contribution in [3.63, 3.8) is 0 Å². The van der Waals surface area contributed by atoms with E-state index in [-0.39, 0.29) is 5.92 Å². The lowest BCUT2D eigenvalue weighted by atomic mass is 9.94. The largest absolute Gasteiger partial charge is 0.330 e. The molecule has 1 unspecified atom stereocenters. The summed E-state index contributed by atoms with van der Waals surface area (Å²) in [5.41, 5.74) is 9.11. The van der Waals surface area contributed by atoms with E-state index in [2.05, 4.69) is 32.0 Å². The van der Waals surface area contributed by atoms with Crippen molar-refractivity contribution in [3.05, 3.63) is 34.9 Å². The van der Waals surface area contributed by atoms with Gasteiger partial charge in [-0.3, -0.25) is 4.79 Å². The molecule has 1 rings (SSSR count). The molecule has 0 aliphatic heterocycles. The van der Waals surface area contributed by atoms with Crippen molar-refractivity contribution in [1.82, 2.24) is 0 Å². The molecule has 0 saturated heterocycles. The predicted octanol–water partition coefficient (Wildman–Crippen LogP) is 2.79. The van der Waals surface area contributed by atoms with Gasteiger partial charge in [0.05, 0.1) is 0 Å². The van der Waals surface area contributed by atoms with Crippen molar-refractivity contribution in [2.45, 2.75) is 40.0 Å². The summed E-state index contributed by atoms with van der Waals surface area (Å²) in [5.74, 6) is 0.446. The fourth-order valence-electron chi connectivity index (χ4n) is 1.87. The molecule has 94 valence electrons. The molecular formula is C15H23NO. The van der Waals surface area contributed by atoms with Crippen LogP contribution in [0.2, 0.25) is 0 Å². The summed E-state index contributed by atoms with van der Waals surface area (Å²) in [7, 11) is 0. The second-order valence-electron chi connectivity index (χ2n) is 4.89. The highest BCUT2D eigenvalue weighted by Crippen LogP contribution is 2.14. The highest BCUT2D eigenvalue weighted by molar-refractivity contribution is 5.82. The summed E-state index contributed by atoms with van der Waals surface area (Å²) in [4.78, 5) is 12.0. The number of aryl methyl sites for hydroxylation is 2. The van der Waals surface area contributed by atoms with E-state index in [4.69, 9.17) is 5.73 Å². The first-order chi connectivity index (χ1) is 8.04. The van der Waals surface area contributed by atoms with E-state index in [1.807, 2.05) is 6.92 Å². The first kappa shape index (κ1) is 13.9. The van der Waals surface area contributed by atoms with Crippen molar-refractivity contribution in [2.24, 2.45) is 11.7 Å². The standard InChI is InChI=1S/C15H23NO/c1-11-6-7-14(9-13(11)3)10-15(17)12(2)5-4-8-16/h6-7,9,12H,4-5,8,10,16H2,1-3H3. The normalized spacial score (nSPS) is 12.5. The second-order valence-corrected chi connectivity index (χ2v) is 4.89. The molecule has 0 amide bonds. The molecule has 2 nitrogen and oxygen atoms in total. The van der Waals surface area contributed by atoms with Crippen LogP contribution in [-0.4, -0.2) is 12.3 Å². The molecule has 0 radical (unpaired) electrons. The lowest BCUT2D eigenvalue weighted by Gasteiger charge is -2.10. The van der Waals surface area contributed by atoms with E-state index in [1.165, 1.54) is 11.1 Å². The van der Waals surface area contributed by atoms with Crippen molar-refractivity contribution in [1.29, 1.82) is 0 Å². The van der Waals surface area contributed by atoms with Crippen LogP contribution in [0.4, 0.5) is 0 Å². The minimum atomic E-state index is 0.125. The molecule has 1 aromatic rings. The van der Waals surface area contributed by atoms with E-state index in [9.17, 15) is 4.79 Å². The summed E-state index contributed by atoms with van der Waals surface area (Å²) in [6, 6.07) is 6.25. The number of Topliss-reactive ketones (excluding diaryl/α,β-unsaturated/α-hetero) is 1. The number of nitrogens with two attached hydrogens (primary N) is 1. The van der Waals surface area contributed by atoms with Crippen LogP contribution in [0.25, 0.3) is 0 Å². The summed E-state index contributed by atoms with van der Waals surface area (Å²) in [6.45, 7) is 6.84. The molecule has 0 aromatic heterocycles. The average Bonchev–Trinajstić information content (AvgIpc) is 2.30. The van der Waals surface area contributed by atoms with Gasteiger partial charge in [0.2, 0.25) is 0 Å². The molecule has 1 atom stereocenters. The lowest BCUT2D eigenvalue weighted by molar-refractivity contribution is -0.121. The maximum absolute atomic E-state index is 12.0. The number of ketones is 1. The van der Waals surface area contributed by atoms with Crippen LogP contribution in [0.5, 0.6) is 0 Å². The van der Waals surface area contributed by atoms with Crippen LogP contribution in [0.15, 0.2) is 18.2 Å². The number of benzene rings is 1. The van der Waals surface area contributed by atoms with Crippen molar-refractivity contribution in [3.8, 4) is 0 Å². The Hall–Kier alpha value is -1.15.